The second kappa shape index (κ2) is 10.8. The van der Waals surface area contributed by atoms with E-state index in [9.17, 15) is 14.4 Å². The number of anilines is 1. The fraction of sp³-hybridized carbons (Fsp3) is 0.160. The number of carbonyl (C=O) groups is 3. The van der Waals surface area contributed by atoms with E-state index in [-0.39, 0.29) is 18.2 Å². The van der Waals surface area contributed by atoms with Crippen LogP contribution in [0.3, 0.4) is 0 Å². The first-order valence-electron chi connectivity index (χ1n) is 10.0. The Kier molecular flexibility index (Phi) is 7.59. The smallest absolute Gasteiger partial charge is 0.308 e. The van der Waals surface area contributed by atoms with Gasteiger partial charge in [0.25, 0.3) is 5.91 Å². The van der Waals surface area contributed by atoms with Gasteiger partial charge in [0, 0.05) is 24.7 Å². The summed E-state index contributed by atoms with van der Waals surface area (Å²) in [7, 11) is 1.59. The number of nitrogens with one attached hydrogen (secondary N) is 2. The van der Waals surface area contributed by atoms with Crippen molar-refractivity contribution in [2.45, 2.75) is 19.9 Å². The van der Waals surface area contributed by atoms with Gasteiger partial charge in [-0.25, -0.2) is 0 Å². The molecule has 0 fully saturated rings. The van der Waals surface area contributed by atoms with Crippen LogP contribution in [0.4, 0.5) is 5.69 Å². The van der Waals surface area contributed by atoms with Crippen molar-refractivity contribution < 1.29 is 23.9 Å². The molecule has 0 aliphatic carbocycles. The quantitative estimate of drug-likeness (QED) is 0.418. The van der Waals surface area contributed by atoms with Crippen LogP contribution >= 0.6 is 0 Å². The van der Waals surface area contributed by atoms with Gasteiger partial charge in [0.05, 0.1) is 13.5 Å². The van der Waals surface area contributed by atoms with Crippen molar-refractivity contribution in [1.29, 1.82) is 0 Å². The predicted molar refractivity (Wildman–Crippen MR) is 121 cm³/mol. The summed E-state index contributed by atoms with van der Waals surface area (Å²) in [6.45, 7) is 1.68. The fourth-order valence-corrected chi connectivity index (χ4v) is 3.01. The van der Waals surface area contributed by atoms with Gasteiger partial charge in [-0.05, 0) is 53.6 Å². The minimum absolute atomic E-state index is 0.0942. The summed E-state index contributed by atoms with van der Waals surface area (Å²) in [5, 5.41) is 5.68. The highest BCUT2D eigenvalue weighted by molar-refractivity contribution is 6.04. The number of carbonyl (C=O) groups excluding carboxylic acids is 3. The molecule has 2 N–H and O–H groups in total. The van der Waals surface area contributed by atoms with Gasteiger partial charge in [0.1, 0.15) is 11.5 Å². The van der Waals surface area contributed by atoms with Gasteiger partial charge in [0.15, 0.2) is 0 Å². The second-order valence-electron chi connectivity index (χ2n) is 7.08. The SMILES string of the molecule is COc1cccc(CC(=O)NCc2ccc(NC(=O)c3cccc(OC(C)=O)c3)cc2)c1. The molecule has 3 aromatic carbocycles. The molecule has 0 heterocycles. The van der Waals surface area contributed by atoms with Crippen molar-refractivity contribution in [1.82, 2.24) is 5.32 Å². The Hall–Kier alpha value is -4.13. The molecule has 0 spiro atoms. The molecule has 0 saturated heterocycles. The minimum atomic E-state index is -0.450. The van der Waals surface area contributed by atoms with E-state index in [2.05, 4.69) is 10.6 Å². The first-order chi connectivity index (χ1) is 15.4. The molecule has 0 radical (unpaired) electrons. The lowest BCUT2D eigenvalue weighted by atomic mass is 10.1. The van der Waals surface area contributed by atoms with Gasteiger partial charge in [-0.1, -0.05) is 30.3 Å². The molecule has 3 rings (SSSR count). The Morgan fingerprint density at radius 2 is 1.56 bits per heavy atom. The lowest BCUT2D eigenvalue weighted by Crippen LogP contribution is -2.24. The van der Waals surface area contributed by atoms with Gasteiger partial charge >= 0.3 is 5.97 Å². The second-order valence-corrected chi connectivity index (χ2v) is 7.08. The molecular formula is C25H24N2O5. The van der Waals surface area contributed by atoms with Crippen LogP contribution in [0, 0.1) is 0 Å². The molecule has 7 nitrogen and oxygen atoms in total. The Bertz CT molecular complexity index is 1110. The maximum atomic E-state index is 12.5. The predicted octanol–water partition coefficient (Wildman–Crippen LogP) is 3.73. The van der Waals surface area contributed by atoms with Crippen molar-refractivity contribution in [2.24, 2.45) is 0 Å². The molecule has 2 amide bonds. The molecule has 0 unspecified atom stereocenters. The maximum absolute atomic E-state index is 12.5. The van der Waals surface area contributed by atoms with Gasteiger partial charge in [-0.3, -0.25) is 14.4 Å². The van der Waals surface area contributed by atoms with Crippen molar-refractivity contribution in [3.05, 3.63) is 89.5 Å². The third-order valence-corrected chi connectivity index (χ3v) is 4.56. The zero-order valence-electron chi connectivity index (χ0n) is 17.9. The van der Waals surface area contributed by atoms with Crippen LogP contribution < -0.4 is 20.1 Å². The molecule has 0 aromatic heterocycles. The Balaban J connectivity index is 1.52. The first-order valence-corrected chi connectivity index (χ1v) is 10.0. The van der Waals surface area contributed by atoms with E-state index in [1.807, 2.05) is 36.4 Å². The molecule has 0 bridgehead atoms. The number of hydrogen-bond donors (Lipinski definition) is 2. The highest BCUT2D eigenvalue weighted by Crippen LogP contribution is 2.17. The van der Waals surface area contributed by atoms with Crippen molar-refractivity contribution in [2.75, 3.05) is 12.4 Å². The van der Waals surface area contributed by atoms with E-state index < -0.39 is 5.97 Å². The van der Waals surface area contributed by atoms with Crippen molar-refractivity contribution in [3.8, 4) is 11.5 Å². The molecule has 0 saturated carbocycles. The van der Waals surface area contributed by atoms with Crippen molar-refractivity contribution >= 4 is 23.5 Å². The third kappa shape index (κ3) is 6.70. The van der Waals surface area contributed by atoms with E-state index in [4.69, 9.17) is 9.47 Å². The number of rotatable bonds is 8. The molecule has 0 aliphatic rings. The van der Waals surface area contributed by atoms with Crippen LogP contribution in [0.5, 0.6) is 11.5 Å². The van der Waals surface area contributed by atoms with E-state index in [0.717, 1.165) is 11.1 Å². The number of ether oxygens (including phenoxy) is 2. The summed E-state index contributed by atoms with van der Waals surface area (Å²) in [4.78, 5) is 35.7. The highest BCUT2D eigenvalue weighted by atomic mass is 16.5. The van der Waals surface area contributed by atoms with Crippen LogP contribution in [0.15, 0.2) is 72.8 Å². The molecule has 7 heteroatoms. The molecule has 0 atom stereocenters. The van der Waals surface area contributed by atoms with Crippen LogP contribution in [-0.2, 0) is 22.6 Å². The summed E-state index contributed by atoms with van der Waals surface area (Å²) >= 11 is 0. The number of hydrogen-bond acceptors (Lipinski definition) is 5. The maximum Gasteiger partial charge on any atom is 0.308 e. The monoisotopic (exact) mass is 432 g/mol. The lowest BCUT2D eigenvalue weighted by Gasteiger charge is -2.09. The molecular weight excluding hydrogens is 408 g/mol. The summed E-state index contributed by atoms with van der Waals surface area (Å²) in [6.07, 6.45) is 0.262. The number of amides is 2. The van der Waals surface area contributed by atoms with E-state index in [1.165, 1.54) is 13.0 Å². The van der Waals surface area contributed by atoms with E-state index >= 15 is 0 Å². The van der Waals surface area contributed by atoms with E-state index in [0.29, 0.717) is 29.3 Å². The standard InChI is InChI=1S/C25H24N2O5/c1-17(28)32-23-8-4-6-20(15-23)25(30)27-21-11-9-18(10-12-21)16-26-24(29)14-19-5-3-7-22(13-19)31-2/h3-13,15H,14,16H2,1-2H3,(H,26,29)(H,27,30). The van der Waals surface area contributed by atoms with Crippen molar-refractivity contribution in [3.63, 3.8) is 0 Å². The van der Waals surface area contributed by atoms with Gasteiger partial charge in [-0.2, -0.15) is 0 Å². The zero-order valence-corrected chi connectivity index (χ0v) is 17.9. The van der Waals surface area contributed by atoms with Crippen LogP contribution in [0.25, 0.3) is 0 Å². The summed E-state index contributed by atoms with van der Waals surface area (Å²) in [5.41, 5.74) is 2.76. The Labute approximate surface area is 186 Å². The molecule has 164 valence electrons. The molecule has 0 aliphatic heterocycles. The van der Waals surface area contributed by atoms with Gasteiger partial charge < -0.3 is 20.1 Å². The molecule has 32 heavy (non-hydrogen) atoms. The number of esters is 1. The summed E-state index contributed by atoms with van der Waals surface area (Å²) in [6, 6.07) is 21.0. The first kappa shape index (κ1) is 22.6. The van der Waals surface area contributed by atoms with Crippen LogP contribution in [0.2, 0.25) is 0 Å². The summed E-state index contributed by atoms with van der Waals surface area (Å²) in [5.74, 6) is 0.159. The van der Waals surface area contributed by atoms with E-state index in [1.54, 1.807) is 37.4 Å². The lowest BCUT2D eigenvalue weighted by molar-refractivity contribution is -0.131. The number of methoxy groups -OCH3 is 1. The zero-order chi connectivity index (χ0) is 22.9. The van der Waals surface area contributed by atoms with Gasteiger partial charge in [0.2, 0.25) is 5.91 Å². The highest BCUT2D eigenvalue weighted by Gasteiger charge is 2.09. The fourth-order valence-electron chi connectivity index (χ4n) is 3.01. The van der Waals surface area contributed by atoms with Crippen LogP contribution in [0.1, 0.15) is 28.4 Å². The number of benzene rings is 3. The van der Waals surface area contributed by atoms with Crippen LogP contribution in [-0.4, -0.2) is 24.9 Å². The Morgan fingerprint density at radius 1 is 0.844 bits per heavy atom. The van der Waals surface area contributed by atoms with Gasteiger partial charge in [-0.15, -0.1) is 0 Å². The largest absolute Gasteiger partial charge is 0.497 e. The molecule has 3 aromatic rings. The minimum Gasteiger partial charge on any atom is -0.497 e. The summed E-state index contributed by atoms with van der Waals surface area (Å²) < 4.78 is 10.2. The third-order valence-electron chi connectivity index (χ3n) is 4.56. The Morgan fingerprint density at radius 3 is 2.28 bits per heavy atom. The normalized spacial score (nSPS) is 10.2. The average molecular weight is 432 g/mol. The average Bonchev–Trinajstić information content (AvgIpc) is 2.78. The topological polar surface area (TPSA) is 93.7 Å².